The molecule has 35 heavy (non-hydrogen) atoms. The van der Waals surface area contributed by atoms with Gasteiger partial charge in [0.1, 0.15) is 0 Å². The first-order valence-corrected chi connectivity index (χ1v) is 15.0. The molecule has 0 aliphatic heterocycles. The van der Waals surface area contributed by atoms with Crippen LogP contribution in [0.5, 0.6) is 0 Å². The molecule has 2 aliphatic carbocycles. The van der Waals surface area contributed by atoms with Gasteiger partial charge >= 0.3 is 0 Å². The Balaban J connectivity index is 1.30. The third kappa shape index (κ3) is 8.60. The average molecular weight is 481 g/mol. The van der Waals surface area contributed by atoms with Crippen molar-refractivity contribution in [3.05, 3.63) is 30.2 Å². The fourth-order valence-electron chi connectivity index (χ4n) is 7.06. The molecule has 4 unspecified atom stereocenters. The molecule has 0 aromatic carbocycles. The van der Waals surface area contributed by atoms with E-state index in [1.165, 1.54) is 120 Å². The molecule has 2 aliphatic rings. The Morgan fingerprint density at radius 1 is 0.914 bits per heavy atom. The van der Waals surface area contributed by atoms with Gasteiger partial charge in [0.25, 0.3) is 0 Å². The highest BCUT2D eigenvalue weighted by molar-refractivity contribution is 5.82. The van der Waals surface area contributed by atoms with Gasteiger partial charge in [-0.1, -0.05) is 83.5 Å². The molecule has 4 N–H and O–H groups in total. The fourth-order valence-corrected chi connectivity index (χ4v) is 7.06. The molecule has 2 aromatic heterocycles. The Kier molecular flexibility index (Phi) is 10.5. The lowest BCUT2D eigenvalue weighted by Gasteiger charge is -2.36. The van der Waals surface area contributed by atoms with Crippen molar-refractivity contribution in [2.24, 2.45) is 17.6 Å². The number of nitrogens with zero attached hydrogens (tertiary/aromatic N) is 1. The molecule has 0 spiro atoms. The highest BCUT2D eigenvalue weighted by Gasteiger charge is 2.29. The van der Waals surface area contributed by atoms with Crippen LogP contribution in [0.4, 0.5) is 0 Å². The minimum atomic E-state index is 0.0385. The van der Waals surface area contributed by atoms with E-state index < -0.39 is 0 Å². The van der Waals surface area contributed by atoms with Crippen LogP contribution in [-0.2, 0) is 6.42 Å². The zero-order chi connectivity index (χ0) is 24.3. The average Bonchev–Trinajstić information content (AvgIpc) is 3.23. The molecule has 4 atom stereocenters. The predicted octanol–water partition coefficient (Wildman–Crippen LogP) is 7.67. The van der Waals surface area contributed by atoms with Crippen molar-refractivity contribution in [2.45, 2.75) is 134 Å². The van der Waals surface area contributed by atoms with E-state index in [9.17, 15) is 0 Å². The summed E-state index contributed by atoms with van der Waals surface area (Å²) in [5.74, 6) is 1.72. The van der Waals surface area contributed by atoms with Crippen LogP contribution in [0.1, 0.15) is 122 Å². The van der Waals surface area contributed by atoms with Crippen molar-refractivity contribution >= 4 is 10.9 Å². The van der Waals surface area contributed by atoms with E-state index >= 15 is 0 Å². The highest BCUT2D eigenvalue weighted by atomic mass is 14.9. The minimum absolute atomic E-state index is 0.0385. The second kappa shape index (κ2) is 13.8. The lowest BCUT2D eigenvalue weighted by Crippen LogP contribution is -2.40. The van der Waals surface area contributed by atoms with Gasteiger partial charge in [-0.2, -0.15) is 0 Å². The van der Waals surface area contributed by atoms with Crippen LogP contribution in [0.3, 0.4) is 0 Å². The van der Waals surface area contributed by atoms with Crippen LogP contribution in [0.2, 0.25) is 0 Å². The van der Waals surface area contributed by atoms with Crippen molar-refractivity contribution < 1.29 is 0 Å². The number of pyridine rings is 1. The summed E-state index contributed by atoms with van der Waals surface area (Å²) in [6, 6.07) is 2.81. The topological polar surface area (TPSA) is 66.7 Å². The number of H-pyrrole nitrogens is 1. The second-order valence-corrected chi connectivity index (χ2v) is 12.2. The van der Waals surface area contributed by atoms with E-state index in [2.05, 4.69) is 34.5 Å². The van der Waals surface area contributed by atoms with E-state index in [1.54, 1.807) is 0 Å². The summed E-state index contributed by atoms with van der Waals surface area (Å²) in [5.41, 5.74) is 9.45. The lowest BCUT2D eigenvalue weighted by molar-refractivity contribution is 0.191. The van der Waals surface area contributed by atoms with Gasteiger partial charge in [-0.15, -0.1) is 0 Å². The molecule has 0 saturated heterocycles. The first-order chi connectivity index (χ1) is 17.1. The quantitative estimate of drug-likeness (QED) is 0.411. The number of fused-ring (bicyclic) bond motifs is 1. The number of nitrogens with one attached hydrogen (secondary N) is 2. The SMILES string of the molecule is CC1(N)CCCCCCCC(C2CCCCCCC(NCCc3c[nH]c4cnccc34)CCC2)C1. The van der Waals surface area contributed by atoms with Crippen molar-refractivity contribution in [2.75, 3.05) is 6.54 Å². The van der Waals surface area contributed by atoms with E-state index in [4.69, 9.17) is 5.73 Å². The number of rotatable bonds is 5. The first kappa shape index (κ1) is 26.7. The monoisotopic (exact) mass is 480 g/mol. The van der Waals surface area contributed by atoms with Gasteiger partial charge in [-0.25, -0.2) is 0 Å². The molecular weight excluding hydrogens is 428 g/mol. The zero-order valence-corrected chi connectivity index (χ0v) is 22.5. The van der Waals surface area contributed by atoms with Crippen LogP contribution >= 0.6 is 0 Å². The van der Waals surface area contributed by atoms with Gasteiger partial charge < -0.3 is 16.0 Å². The zero-order valence-electron chi connectivity index (χ0n) is 22.5. The van der Waals surface area contributed by atoms with Crippen LogP contribution < -0.4 is 11.1 Å². The molecular formula is C31H52N4. The van der Waals surface area contributed by atoms with Crippen molar-refractivity contribution in [3.63, 3.8) is 0 Å². The number of hydrogen-bond donors (Lipinski definition) is 3. The summed E-state index contributed by atoms with van der Waals surface area (Å²) in [5, 5.41) is 5.28. The second-order valence-electron chi connectivity index (χ2n) is 12.2. The smallest absolute Gasteiger partial charge is 0.0643 e. The van der Waals surface area contributed by atoms with Crippen LogP contribution in [-0.4, -0.2) is 28.1 Å². The molecule has 196 valence electrons. The summed E-state index contributed by atoms with van der Waals surface area (Å²) in [7, 11) is 0. The summed E-state index contributed by atoms with van der Waals surface area (Å²) in [6.45, 7) is 3.41. The maximum absolute atomic E-state index is 6.85. The van der Waals surface area contributed by atoms with Gasteiger partial charge in [-0.3, -0.25) is 4.98 Å². The predicted molar refractivity (Wildman–Crippen MR) is 150 cm³/mol. The van der Waals surface area contributed by atoms with Crippen molar-refractivity contribution in [1.82, 2.24) is 15.3 Å². The van der Waals surface area contributed by atoms with Gasteiger partial charge in [0, 0.05) is 29.4 Å². The Bertz CT molecular complexity index is 857. The first-order valence-electron chi connectivity index (χ1n) is 15.0. The van der Waals surface area contributed by atoms with E-state index in [0.717, 1.165) is 30.3 Å². The van der Waals surface area contributed by atoms with E-state index in [-0.39, 0.29) is 5.54 Å². The van der Waals surface area contributed by atoms with Crippen molar-refractivity contribution in [3.8, 4) is 0 Å². The maximum Gasteiger partial charge on any atom is 0.0643 e. The fraction of sp³-hybridized carbons (Fsp3) is 0.774. The van der Waals surface area contributed by atoms with Crippen LogP contribution in [0.25, 0.3) is 10.9 Å². The molecule has 2 aromatic rings. The molecule has 4 rings (SSSR count). The Labute approximate surface area is 214 Å². The highest BCUT2D eigenvalue weighted by Crippen LogP contribution is 2.37. The molecule has 2 fully saturated rings. The molecule has 0 bridgehead atoms. The van der Waals surface area contributed by atoms with Crippen LogP contribution in [0, 0.1) is 11.8 Å². The number of aromatic amines is 1. The third-order valence-corrected chi connectivity index (χ3v) is 9.12. The molecule has 4 heteroatoms. The third-order valence-electron chi connectivity index (χ3n) is 9.12. The Morgan fingerprint density at radius 2 is 1.60 bits per heavy atom. The summed E-state index contributed by atoms with van der Waals surface area (Å²) >= 11 is 0. The van der Waals surface area contributed by atoms with Crippen molar-refractivity contribution in [1.29, 1.82) is 0 Å². The largest absolute Gasteiger partial charge is 0.360 e. The van der Waals surface area contributed by atoms with E-state index in [1.807, 2.05) is 12.4 Å². The summed E-state index contributed by atoms with van der Waals surface area (Å²) in [4.78, 5) is 7.61. The standard InChI is InChI=1S/C31H52N4/c1-31(32)19-10-6-2-3-8-13-26(22-31)25-12-7-4-5-9-15-28(16-11-14-25)34-21-17-27-23-35-30-24-33-20-18-29(27)30/h18,20,23-26,28,34-35H,2-17,19,21-22,32H2,1H3. The van der Waals surface area contributed by atoms with Gasteiger partial charge in [0.2, 0.25) is 0 Å². The molecule has 2 heterocycles. The van der Waals surface area contributed by atoms with Gasteiger partial charge in [0.15, 0.2) is 0 Å². The molecule has 2 saturated carbocycles. The van der Waals surface area contributed by atoms with Gasteiger partial charge in [0.05, 0.1) is 11.7 Å². The normalized spacial score (nSPS) is 30.5. The molecule has 0 amide bonds. The van der Waals surface area contributed by atoms with Gasteiger partial charge in [-0.05, 0) is 69.0 Å². The lowest BCUT2D eigenvalue weighted by atomic mass is 9.73. The van der Waals surface area contributed by atoms with Crippen LogP contribution in [0.15, 0.2) is 24.7 Å². The molecule has 4 nitrogen and oxygen atoms in total. The van der Waals surface area contributed by atoms with E-state index in [0.29, 0.717) is 6.04 Å². The summed E-state index contributed by atoms with van der Waals surface area (Å²) < 4.78 is 0. The minimum Gasteiger partial charge on any atom is -0.360 e. The number of hydrogen-bond acceptors (Lipinski definition) is 3. The summed E-state index contributed by atoms with van der Waals surface area (Å²) in [6.07, 6.45) is 30.5. The maximum atomic E-state index is 6.85. The Morgan fingerprint density at radius 3 is 2.46 bits per heavy atom. The molecule has 0 radical (unpaired) electrons. The number of nitrogens with two attached hydrogens (primary N) is 1. The number of aromatic nitrogens is 2. The Hall–Kier alpha value is -1.39.